The fraction of sp³-hybridized carbons (Fsp3) is 0.550. The lowest BCUT2D eigenvalue weighted by Crippen LogP contribution is -2.64. The molecule has 2 fully saturated rings. The molecule has 0 aromatic carbocycles. The van der Waals surface area contributed by atoms with E-state index in [0.717, 1.165) is 50.8 Å². The largest absolute Gasteiger partial charge is 0.354 e. The van der Waals surface area contributed by atoms with Gasteiger partial charge in [-0.2, -0.15) is 5.10 Å². The van der Waals surface area contributed by atoms with E-state index in [1.807, 2.05) is 29.3 Å². The molecule has 2 aliphatic rings. The molecule has 7 nitrogen and oxygen atoms in total. The van der Waals surface area contributed by atoms with Crippen molar-refractivity contribution in [3.63, 3.8) is 0 Å². The Morgan fingerprint density at radius 2 is 1.89 bits per heavy atom. The zero-order valence-corrected chi connectivity index (χ0v) is 16.4. The third-order valence-electron chi connectivity index (χ3n) is 5.56. The Bertz CT molecular complexity index is 782. The fourth-order valence-electron chi connectivity index (χ4n) is 3.69. The summed E-state index contributed by atoms with van der Waals surface area (Å²) in [5.74, 6) is 1.08. The summed E-state index contributed by atoms with van der Waals surface area (Å²) >= 11 is 0. The van der Waals surface area contributed by atoms with E-state index in [2.05, 4.69) is 51.8 Å². The zero-order valence-electron chi connectivity index (χ0n) is 16.4. The Hall–Kier alpha value is -2.41. The molecular formula is C20H28N6O. The number of nitrogens with zero attached hydrogens (tertiary/aromatic N) is 5. The second-order valence-corrected chi connectivity index (χ2v) is 8.49. The predicted molar refractivity (Wildman–Crippen MR) is 105 cm³/mol. The maximum atomic E-state index is 12.6. The summed E-state index contributed by atoms with van der Waals surface area (Å²) in [6.07, 6.45) is 1.84. The summed E-state index contributed by atoms with van der Waals surface area (Å²) in [5.41, 5.74) is 1.49. The Labute approximate surface area is 160 Å². The quantitative estimate of drug-likeness (QED) is 0.894. The molecule has 2 aromatic heterocycles. The molecule has 0 aliphatic carbocycles. The molecule has 1 N–H and O–H groups in total. The van der Waals surface area contributed by atoms with Gasteiger partial charge in [-0.25, -0.2) is 4.98 Å². The van der Waals surface area contributed by atoms with Gasteiger partial charge in [-0.15, -0.1) is 0 Å². The molecule has 144 valence electrons. The summed E-state index contributed by atoms with van der Waals surface area (Å²) in [4.78, 5) is 23.8. The van der Waals surface area contributed by atoms with Crippen LogP contribution in [0.3, 0.4) is 0 Å². The summed E-state index contributed by atoms with van der Waals surface area (Å²) in [5, 5.41) is 7.23. The number of hydrogen-bond acceptors (Lipinski definition) is 5. The SMILES string of the molecule is CC(C)(C)c1cc(C(=O)N2CC(N3CCN(c4ccccn4)CC3)C2)n[nH]1. The number of pyridine rings is 1. The number of likely N-dealkylation sites (tertiary alicyclic amines) is 1. The van der Waals surface area contributed by atoms with Gasteiger partial charge in [0.1, 0.15) is 11.5 Å². The number of nitrogens with one attached hydrogen (secondary N) is 1. The molecule has 0 spiro atoms. The zero-order chi connectivity index (χ0) is 19.0. The monoisotopic (exact) mass is 368 g/mol. The third kappa shape index (κ3) is 3.69. The summed E-state index contributed by atoms with van der Waals surface area (Å²) in [7, 11) is 0. The molecule has 0 unspecified atom stereocenters. The van der Waals surface area contributed by atoms with Crippen molar-refractivity contribution in [2.24, 2.45) is 0 Å². The van der Waals surface area contributed by atoms with Crippen LogP contribution in [0.25, 0.3) is 0 Å². The van der Waals surface area contributed by atoms with E-state index in [1.54, 1.807) is 0 Å². The lowest BCUT2D eigenvalue weighted by Gasteiger charge is -2.48. The number of piperazine rings is 1. The molecule has 7 heteroatoms. The first kappa shape index (κ1) is 18.0. The van der Waals surface area contributed by atoms with E-state index < -0.39 is 0 Å². The van der Waals surface area contributed by atoms with Crippen molar-refractivity contribution in [1.29, 1.82) is 0 Å². The van der Waals surface area contributed by atoms with E-state index in [1.165, 1.54) is 0 Å². The normalized spacial score (nSPS) is 19.2. The van der Waals surface area contributed by atoms with Crippen LogP contribution in [0, 0.1) is 0 Å². The second kappa shape index (κ2) is 6.96. The molecule has 4 heterocycles. The van der Waals surface area contributed by atoms with Crippen LogP contribution < -0.4 is 4.90 Å². The Morgan fingerprint density at radius 1 is 1.15 bits per heavy atom. The number of carbonyl (C=O) groups is 1. The first-order valence-corrected chi connectivity index (χ1v) is 9.67. The number of aromatic nitrogens is 3. The number of aromatic amines is 1. The number of H-pyrrole nitrogens is 1. The maximum absolute atomic E-state index is 12.6. The minimum absolute atomic E-state index is 0.0315. The Kier molecular flexibility index (Phi) is 4.63. The van der Waals surface area contributed by atoms with Crippen molar-refractivity contribution in [1.82, 2.24) is 25.0 Å². The van der Waals surface area contributed by atoms with Gasteiger partial charge in [-0.1, -0.05) is 26.8 Å². The number of amides is 1. The third-order valence-corrected chi connectivity index (χ3v) is 5.56. The minimum Gasteiger partial charge on any atom is -0.354 e. The van der Waals surface area contributed by atoms with E-state index in [-0.39, 0.29) is 11.3 Å². The molecule has 2 saturated heterocycles. The van der Waals surface area contributed by atoms with Crippen molar-refractivity contribution in [2.75, 3.05) is 44.2 Å². The van der Waals surface area contributed by atoms with Crippen LogP contribution in [0.5, 0.6) is 0 Å². The van der Waals surface area contributed by atoms with Crippen LogP contribution in [0.4, 0.5) is 5.82 Å². The van der Waals surface area contributed by atoms with E-state index in [9.17, 15) is 4.79 Å². The predicted octanol–water partition coefficient (Wildman–Crippen LogP) is 1.75. The van der Waals surface area contributed by atoms with Gasteiger partial charge >= 0.3 is 0 Å². The highest BCUT2D eigenvalue weighted by Crippen LogP contribution is 2.23. The van der Waals surface area contributed by atoms with Crippen molar-refractivity contribution >= 4 is 11.7 Å². The number of anilines is 1. The highest BCUT2D eigenvalue weighted by Gasteiger charge is 2.37. The lowest BCUT2D eigenvalue weighted by molar-refractivity contribution is 0.0242. The van der Waals surface area contributed by atoms with Gasteiger partial charge in [0.2, 0.25) is 0 Å². The van der Waals surface area contributed by atoms with Crippen LogP contribution in [0.15, 0.2) is 30.5 Å². The molecule has 0 atom stereocenters. The number of rotatable bonds is 3. The van der Waals surface area contributed by atoms with E-state index >= 15 is 0 Å². The van der Waals surface area contributed by atoms with Crippen molar-refractivity contribution < 1.29 is 4.79 Å². The first-order valence-electron chi connectivity index (χ1n) is 9.67. The summed E-state index contributed by atoms with van der Waals surface area (Å²) in [6, 6.07) is 8.39. The van der Waals surface area contributed by atoms with Crippen LogP contribution in [0.1, 0.15) is 37.0 Å². The first-order chi connectivity index (χ1) is 12.9. The van der Waals surface area contributed by atoms with Gasteiger partial charge in [-0.05, 0) is 18.2 Å². The summed E-state index contributed by atoms with van der Waals surface area (Å²) in [6.45, 7) is 11.9. The van der Waals surface area contributed by atoms with Gasteiger partial charge in [0.15, 0.2) is 0 Å². The number of hydrogen-bond donors (Lipinski definition) is 1. The summed E-state index contributed by atoms with van der Waals surface area (Å²) < 4.78 is 0. The van der Waals surface area contributed by atoms with Crippen LogP contribution in [-0.4, -0.2) is 76.2 Å². The van der Waals surface area contributed by atoms with Crippen molar-refractivity contribution in [3.05, 3.63) is 41.9 Å². The molecule has 0 saturated carbocycles. The lowest BCUT2D eigenvalue weighted by atomic mass is 9.92. The maximum Gasteiger partial charge on any atom is 0.274 e. The molecule has 1 amide bonds. The van der Waals surface area contributed by atoms with Crippen molar-refractivity contribution in [2.45, 2.75) is 32.2 Å². The van der Waals surface area contributed by atoms with Crippen LogP contribution in [0.2, 0.25) is 0 Å². The molecule has 4 rings (SSSR count). The fourth-order valence-corrected chi connectivity index (χ4v) is 3.69. The van der Waals surface area contributed by atoms with E-state index in [4.69, 9.17) is 0 Å². The second-order valence-electron chi connectivity index (χ2n) is 8.49. The van der Waals surface area contributed by atoms with Crippen LogP contribution >= 0.6 is 0 Å². The van der Waals surface area contributed by atoms with Gasteiger partial charge < -0.3 is 9.80 Å². The average molecular weight is 368 g/mol. The minimum atomic E-state index is -0.0315. The van der Waals surface area contributed by atoms with Gasteiger partial charge in [-0.3, -0.25) is 14.8 Å². The molecule has 27 heavy (non-hydrogen) atoms. The Balaban J connectivity index is 1.27. The average Bonchev–Trinajstić information content (AvgIpc) is 3.12. The van der Waals surface area contributed by atoms with Gasteiger partial charge in [0, 0.05) is 62.6 Å². The number of carbonyl (C=O) groups excluding carboxylic acids is 1. The highest BCUT2D eigenvalue weighted by molar-refractivity contribution is 5.93. The highest BCUT2D eigenvalue weighted by atomic mass is 16.2. The van der Waals surface area contributed by atoms with Gasteiger partial charge in [0.05, 0.1) is 0 Å². The standard InChI is InChI=1S/C20H28N6O/c1-20(2,3)17-12-16(22-23-17)19(27)26-13-15(14-26)24-8-10-25(11-9-24)18-6-4-5-7-21-18/h4-7,12,15H,8-11,13-14H2,1-3H3,(H,22,23). The van der Waals surface area contributed by atoms with Gasteiger partial charge in [0.25, 0.3) is 5.91 Å². The smallest absolute Gasteiger partial charge is 0.274 e. The van der Waals surface area contributed by atoms with Crippen LogP contribution in [-0.2, 0) is 5.41 Å². The van der Waals surface area contributed by atoms with Crippen molar-refractivity contribution in [3.8, 4) is 0 Å². The molecular weight excluding hydrogens is 340 g/mol. The Morgan fingerprint density at radius 3 is 2.48 bits per heavy atom. The molecule has 2 aromatic rings. The topological polar surface area (TPSA) is 68.4 Å². The molecule has 0 radical (unpaired) electrons. The molecule has 2 aliphatic heterocycles. The van der Waals surface area contributed by atoms with E-state index in [0.29, 0.717) is 11.7 Å². The molecule has 0 bridgehead atoms.